The molecule has 4 heteroatoms. The average molecular weight is 236 g/mol. The van der Waals surface area contributed by atoms with Gasteiger partial charge in [0.1, 0.15) is 5.54 Å². The van der Waals surface area contributed by atoms with Crippen molar-refractivity contribution in [2.45, 2.75) is 33.2 Å². The van der Waals surface area contributed by atoms with Crippen molar-refractivity contribution in [2.24, 2.45) is 5.41 Å². The lowest BCUT2D eigenvalue weighted by Crippen LogP contribution is -2.50. The molecule has 0 aliphatic carbocycles. The zero-order chi connectivity index (χ0) is 13.1. The topological polar surface area (TPSA) is 62.2 Å². The quantitative estimate of drug-likeness (QED) is 0.835. The first-order valence-corrected chi connectivity index (χ1v) is 5.64. The molecule has 17 heavy (non-hydrogen) atoms. The van der Waals surface area contributed by atoms with Gasteiger partial charge in [-0.25, -0.2) is 0 Å². The summed E-state index contributed by atoms with van der Waals surface area (Å²) in [5, 5.41) is 12.3. The number of nitrogens with zero attached hydrogens (tertiary/aromatic N) is 1. The van der Waals surface area contributed by atoms with Crippen molar-refractivity contribution in [1.82, 2.24) is 10.3 Å². The second-order valence-corrected chi connectivity index (χ2v) is 5.41. The summed E-state index contributed by atoms with van der Waals surface area (Å²) in [6, 6.07) is 5.42. The van der Waals surface area contributed by atoms with Gasteiger partial charge in [-0.2, -0.15) is 0 Å². The lowest BCUT2D eigenvalue weighted by molar-refractivity contribution is -0.131. The minimum absolute atomic E-state index is 0.111. The van der Waals surface area contributed by atoms with E-state index in [1.165, 1.54) is 0 Å². The average Bonchev–Trinajstić information content (AvgIpc) is 2.28. The number of nitrogens with one attached hydrogen (secondary N) is 1. The maximum Gasteiger partial charge on any atom is 0.226 e. The molecule has 0 bridgehead atoms. The van der Waals surface area contributed by atoms with E-state index in [2.05, 4.69) is 10.3 Å². The van der Waals surface area contributed by atoms with Gasteiger partial charge in [0.25, 0.3) is 0 Å². The second kappa shape index (κ2) is 4.84. The largest absolute Gasteiger partial charge is 0.394 e. The van der Waals surface area contributed by atoms with Crippen molar-refractivity contribution in [3.63, 3.8) is 0 Å². The highest BCUT2D eigenvalue weighted by Gasteiger charge is 2.33. The Bertz CT molecular complexity index is 384. The molecule has 0 spiro atoms. The Balaban J connectivity index is 2.95. The van der Waals surface area contributed by atoms with E-state index in [0.717, 1.165) is 0 Å². The van der Waals surface area contributed by atoms with Crippen LogP contribution < -0.4 is 5.32 Å². The standard InChI is InChI=1S/C13H20N2O2/c1-12(2,3)11(17)15-13(4,9-16)10-7-5-6-8-14-10/h5-8,16H,9H2,1-4H3,(H,15,17)/t13-/m0/s1. The number of aliphatic hydroxyl groups is 1. The van der Waals surface area contributed by atoms with Gasteiger partial charge in [0, 0.05) is 11.6 Å². The van der Waals surface area contributed by atoms with Crippen LogP contribution in [0.1, 0.15) is 33.4 Å². The normalized spacial score (nSPS) is 15.1. The summed E-state index contributed by atoms with van der Waals surface area (Å²) in [7, 11) is 0. The third-order valence-corrected chi connectivity index (χ3v) is 2.62. The number of pyridine rings is 1. The van der Waals surface area contributed by atoms with Crippen LogP contribution in [0.3, 0.4) is 0 Å². The molecule has 0 fully saturated rings. The number of carbonyl (C=O) groups is 1. The van der Waals surface area contributed by atoms with E-state index in [9.17, 15) is 9.90 Å². The molecule has 1 aromatic heterocycles. The van der Waals surface area contributed by atoms with Crippen molar-refractivity contribution in [2.75, 3.05) is 6.61 Å². The molecule has 2 N–H and O–H groups in total. The molecular formula is C13H20N2O2. The van der Waals surface area contributed by atoms with Crippen molar-refractivity contribution in [3.8, 4) is 0 Å². The molecule has 1 atom stereocenters. The van der Waals surface area contributed by atoms with E-state index in [-0.39, 0.29) is 12.5 Å². The summed E-state index contributed by atoms with van der Waals surface area (Å²) in [5.41, 5.74) is -0.684. The van der Waals surface area contributed by atoms with E-state index >= 15 is 0 Å². The second-order valence-electron chi connectivity index (χ2n) is 5.41. The molecule has 0 aliphatic rings. The Morgan fingerprint density at radius 1 is 1.35 bits per heavy atom. The molecule has 4 nitrogen and oxygen atoms in total. The van der Waals surface area contributed by atoms with Crippen LogP contribution in [0.2, 0.25) is 0 Å². The predicted molar refractivity (Wildman–Crippen MR) is 66.3 cm³/mol. The smallest absolute Gasteiger partial charge is 0.226 e. The molecule has 1 heterocycles. The van der Waals surface area contributed by atoms with Crippen LogP contribution in [-0.4, -0.2) is 22.6 Å². The molecule has 0 saturated carbocycles. The van der Waals surface area contributed by atoms with Gasteiger partial charge in [-0.1, -0.05) is 26.8 Å². The van der Waals surface area contributed by atoms with Gasteiger partial charge in [0.15, 0.2) is 0 Å². The molecule has 1 amide bonds. The first-order chi connectivity index (χ1) is 7.79. The molecule has 0 saturated heterocycles. The van der Waals surface area contributed by atoms with Gasteiger partial charge >= 0.3 is 0 Å². The van der Waals surface area contributed by atoms with Crippen LogP contribution in [0.4, 0.5) is 0 Å². The predicted octanol–water partition coefficient (Wildman–Crippen LogP) is 1.45. The molecule has 1 aromatic rings. The van der Waals surface area contributed by atoms with Gasteiger partial charge in [0.2, 0.25) is 5.91 Å². The van der Waals surface area contributed by atoms with E-state index in [0.29, 0.717) is 5.69 Å². The van der Waals surface area contributed by atoms with E-state index < -0.39 is 11.0 Å². The number of hydrogen-bond donors (Lipinski definition) is 2. The van der Waals surface area contributed by atoms with Crippen LogP contribution in [0.25, 0.3) is 0 Å². The fourth-order valence-electron chi connectivity index (χ4n) is 1.31. The summed E-state index contributed by atoms with van der Waals surface area (Å²) in [5.74, 6) is -0.111. The third kappa shape index (κ3) is 3.27. The summed E-state index contributed by atoms with van der Waals surface area (Å²) in [6.07, 6.45) is 1.65. The van der Waals surface area contributed by atoms with Gasteiger partial charge in [-0.3, -0.25) is 9.78 Å². The van der Waals surface area contributed by atoms with Crippen molar-refractivity contribution in [3.05, 3.63) is 30.1 Å². The number of amides is 1. The Morgan fingerprint density at radius 3 is 2.41 bits per heavy atom. The fraction of sp³-hybridized carbons (Fsp3) is 0.538. The fourth-order valence-corrected chi connectivity index (χ4v) is 1.31. The Kier molecular flexibility index (Phi) is 3.88. The summed E-state index contributed by atoms with van der Waals surface area (Å²) in [6.45, 7) is 7.07. The maximum absolute atomic E-state index is 12.0. The molecule has 0 unspecified atom stereocenters. The lowest BCUT2D eigenvalue weighted by Gasteiger charge is -2.31. The van der Waals surface area contributed by atoms with Crippen LogP contribution >= 0.6 is 0 Å². The Morgan fingerprint density at radius 2 is 2.00 bits per heavy atom. The summed E-state index contributed by atoms with van der Waals surface area (Å²) in [4.78, 5) is 16.1. The van der Waals surface area contributed by atoms with Crippen molar-refractivity contribution < 1.29 is 9.90 Å². The number of aliphatic hydroxyl groups excluding tert-OH is 1. The van der Waals surface area contributed by atoms with Crippen LogP contribution in [0.15, 0.2) is 24.4 Å². The summed E-state index contributed by atoms with van der Waals surface area (Å²) < 4.78 is 0. The zero-order valence-electron chi connectivity index (χ0n) is 10.8. The van der Waals surface area contributed by atoms with Crippen molar-refractivity contribution in [1.29, 1.82) is 0 Å². The number of rotatable bonds is 3. The highest BCUT2D eigenvalue weighted by Crippen LogP contribution is 2.21. The van der Waals surface area contributed by atoms with Crippen LogP contribution in [0, 0.1) is 5.41 Å². The monoisotopic (exact) mass is 236 g/mol. The number of aromatic nitrogens is 1. The Labute approximate surface area is 102 Å². The summed E-state index contributed by atoms with van der Waals surface area (Å²) >= 11 is 0. The first-order valence-electron chi connectivity index (χ1n) is 5.64. The lowest BCUT2D eigenvalue weighted by atomic mass is 9.91. The molecule has 0 aliphatic heterocycles. The highest BCUT2D eigenvalue weighted by molar-refractivity contribution is 5.82. The van der Waals surface area contributed by atoms with E-state index in [4.69, 9.17) is 0 Å². The SMILES string of the molecule is CC(C)(C)C(=O)N[C@@](C)(CO)c1ccccn1. The van der Waals surface area contributed by atoms with Crippen LogP contribution in [-0.2, 0) is 10.3 Å². The molecule has 0 aromatic carbocycles. The molecule has 0 radical (unpaired) electrons. The van der Waals surface area contributed by atoms with Gasteiger partial charge in [-0.15, -0.1) is 0 Å². The van der Waals surface area contributed by atoms with E-state index in [1.54, 1.807) is 25.3 Å². The van der Waals surface area contributed by atoms with E-state index in [1.807, 2.05) is 26.8 Å². The Hall–Kier alpha value is -1.42. The maximum atomic E-state index is 12.0. The van der Waals surface area contributed by atoms with Gasteiger partial charge < -0.3 is 10.4 Å². The van der Waals surface area contributed by atoms with Gasteiger partial charge in [0.05, 0.1) is 12.3 Å². The highest BCUT2D eigenvalue weighted by atomic mass is 16.3. The molecule has 1 rings (SSSR count). The third-order valence-electron chi connectivity index (χ3n) is 2.62. The molecule has 94 valence electrons. The zero-order valence-corrected chi connectivity index (χ0v) is 10.8. The van der Waals surface area contributed by atoms with Crippen LogP contribution in [0.5, 0.6) is 0 Å². The van der Waals surface area contributed by atoms with Gasteiger partial charge in [-0.05, 0) is 19.1 Å². The minimum atomic E-state index is -0.842. The minimum Gasteiger partial charge on any atom is -0.394 e. The molecular weight excluding hydrogens is 216 g/mol. The first kappa shape index (κ1) is 13.6. The number of hydrogen-bond acceptors (Lipinski definition) is 3. The van der Waals surface area contributed by atoms with Crippen molar-refractivity contribution >= 4 is 5.91 Å². The number of carbonyl (C=O) groups excluding carboxylic acids is 1.